The van der Waals surface area contributed by atoms with Crippen LogP contribution in [-0.2, 0) is 0 Å². The second kappa shape index (κ2) is 5.89. The van der Waals surface area contributed by atoms with E-state index < -0.39 is 0 Å². The van der Waals surface area contributed by atoms with Crippen LogP contribution in [0, 0.1) is 0 Å². The minimum atomic E-state index is 0.535. The molecule has 1 aliphatic heterocycles. The van der Waals surface area contributed by atoms with E-state index in [1.807, 2.05) is 18.3 Å². The highest BCUT2D eigenvalue weighted by molar-refractivity contribution is 6.30. The number of aliphatic imine (C=N–C) groups is 1. The molecule has 0 aromatic heterocycles. The minimum absolute atomic E-state index is 0.535. The fourth-order valence-corrected chi connectivity index (χ4v) is 2.89. The van der Waals surface area contributed by atoms with E-state index in [2.05, 4.69) is 44.1 Å². The van der Waals surface area contributed by atoms with E-state index in [1.165, 1.54) is 5.56 Å². The zero-order valence-corrected chi connectivity index (χ0v) is 12.7. The van der Waals surface area contributed by atoms with Gasteiger partial charge in [0.2, 0.25) is 5.84 Å². The predicted molar refractivity (Wildman–Crippen MR) is 82.3 cm³/mol. The molecule has 0 fully saturated rings. The first-order valence-electron chi connectivity index (χ1n) is 7.03. The maximum atomic E-state index is 5.98. The molecule has 102 valence electrons. The van der Waals surface area contributed by atoms with Gasteiger partial charge in [-0.25, -0.2) is 4.48 Å². The SMILES string of the molecule is CCC[N@@+]1(C(C)CC)C=CN=C1c1ccc(Cl)cc1. The summed E-state index contributed by atoms with van der Waals surface area (Å²) in [6, 6.07) is 8.55. The normalized spacial score (nSPS) is 23.5. The molecule has 0 radical (unpaired) electrons. The Kier molecular flexibility index (Phi) is 4.43. The quantitative estimate of drug-likeness (QED) is 0.698. The lowest BCUT2D eigenvalue weighted by atomic mass is 10.1. The van der Waals surface area contributed by atoms with Gasteiger partial charge in [-0.15, -0.1) is 0 Å². The number of benzene rings is 1. The Morgan fingerprint density at radius 2 is 1.89 bits per heavy atom. The number of hydrogen-bond donors (Lipinski definition) is 0. The molecular formula is C16H22ClN2+. The van der Waals surface area contributed by atoms with Crippen LogP contribution in [0.3, 0.4) is 0 Å². The van der Waals surface area contributed by atoms with Gasteiger partial charge in [0.25, 0.3) is 0 Å². The number of quaternary nitrogens is 1. The molecule has 1 heterocycles. The summed E-state index contributed by atoms with van der Waals surface area (Å²) in [6.45, 7) is 7.86. The lowest BCUT2D eigenvalue weighted by Crippen LogP contribution is -2.53. The molecule has 1 aliphatic rings. The second-order valence-electron chi connectivity index (χ2n) is 5.17. The van der Waals surface area contributed by atoms with Gasteiger partial charge in [0, 0.05) is 5.02 Å². The van der Waals surface area contributed by atoms with Crippen molar-refractivity contribution in [1.82, 2.24) is 0 Å². The highest BCUT2D eigenvalue weighted by Crippen LogP contribution is 2.28. The highest BCUT2D eigenvalue weighted by atomic mass is 35.5. The summed E-state index contributed by atoms with van der Waals surface area (Å²) < 4.78 is 0.856. The first kappa shape index (κ1) is 14.3. The van der Waals surface area contributed by atoms with Crippen LogP contribution in [0.15, 0.2) is 41.7 Å². The summed E-state index contributed by atoms with van der Waals surface area (Å²) in [5, 5.41) is 0.771. The number of hydrogen-bond acceptors (Lipinski definition) is 1. The second-order valence-corrected chi connectivity index (χ2v) is 5.61. The van der Waals surface area contributed by atoms with Crippen LogP contribution in [0.2, 0.25) is 5.02 Å². The molecule has 1 aromatic rings. The fourth-order valence-electron chi connectivity index (χ4n) is 2.77. The number of nitrogens with zero attached hydrogens (tertiary/aromatic N) is 2. The third-order valence-corrected chi connectivity index (χ3v) is 4.25. The van der Waals surface area contributed by atoms with Gasteiger partial charge < -0.3 is 0 Å². The lowest BCUT2D eigenvalue weighted by Gasteiger charge is -2.37. The zero-order valence-electron chi connectivity index (χ0n) is 11.9. The fraction of sp³-hybridized carbons (Fsp3) is 0.438. The van der Waals surface area contributed by atoms with Crippen LogP contribution in [0.4, 0.5) is 0 Å². The van der Waals surface area contributed by atoms with Crippen molar-refractivity contribution < 1.29 is 4.48 Å². The van der Waals surface area contributed by atoms with Crippen molar-refractivity contribution >= 4 is 17.4 Å². The Labute approximate surface area is 121 Å². The molecule has 0 spiro atoms. The Morgan fingerprint density at radius 1 is 1.21 bits per heavy atom. The molecule has 0 amide bonds. The molecule has 0 saturated heterocycles. The van der Waals surface area contributed by atoms with E-state index in [1.54, 1.807) is 0 Å². The smallest absolute Gasteiger partial charge is 0.239 e. The average Bonchev–Trinajstić information content (AvgIpc) is 2.84. The Balaban J connectivity index is 2.41. The summed E-state index contributed by atoms with van der Waals surface area (Å²) >= 11 is 5.98. The maximum Gasteiger partial charge on any atom is 0.239 e. The van der Waals surface area contributed by atoms with Crippen LogP contribution >= 0.6 is 11.6 Å². The first-order valence-corrected chi connectivity index (χ1v) is 7.41. The van der Waals surface area contributed by atoms with Crippen molar-refractivity contribution in [2.75, 3.05) is 6.54 Å². The van der Waals surface area contributed by atoms with Crippen LogP contribution in [-0.4, -0.2) is 22.9 Å². The van der Waals surface area contributed by atoms with Gasteiger partial charge in [-0.3, -0.25) is 0 Å². The largest absolute Gasteiger partial charge is 0.244 e. The topological polar surface area (TPSA) is 12.4 Å². The summed E-state index contributed by atoms with van der Waals surface area (Å²) in [5.41, 5.74) is 1.17. The Hall–Kier alpha value is -1.12. The average molecular weight is 278 g/mol. The van der Waals surface area contributed by atoms with Crippen LogP contribution in [0.25, 0.3) is 0 Å². The van der Waals surface area contributed by atoms with E-state index in [-0.39, 0.29) is 0 Å². The molecule has 1 unspecified atom stereocenters. The predicted octanol–water partition coefficient (Wildman–Crippen LogP) is 4.60. The maximum absolute atomic E-state index is 5.98. The zero-order chi connectivity index (χ0) is 13.9. The molecule has 3 heteroatoms. The number of amidine groups is 1. The summed E-state index contributed by atoms with van der Waals surface area (Å²) in [6.07, 6.45) is 6.46. The van der Waals surface area contributed by atoms with Crippen LogP contribution < -0.4 is 0 Å². The molecule has 2 rings (SSSR count). The Bertz CT molecular complexity index is 490. The van der Waals surface area contributed by atoms with Crippen molar-refractivity contribution in [2.45, 2.75) is 39.7 Å². The third kappa shape index (κ3) is 2.60. The van der Waals surface area contributed by atoms with Crippen molar-refractivity contribution in [3.8, 4) is 0 Å². The van der Waals surface area contributed by atoms with Gasteiger partial charge in [0.1, 0.15) is 6.20 Å². The highest BCUT2D eigenvalue weighted by Gasteiger charge is 2.39. The van der Waals surface area contributed by atoms with Gasteiger partial charge >= 0.3 is 0 Å². The van der Waals surface area contributed by atoms with E-state index in [4.69, 9.17) is 11.6 Å². The first-order chi connectivity index (χ1) is 9.14. The van der Waals surface area contributed by atoms with Crippen LogP contribution in [0.5, 0.6) is 0 Å². The molecule has 0 bridgehead atoms. The Morgan fingerprint density at radius 3 is 2.47 bits per heavy atom. The third-order valence-electron chi connectivity index (χ3n) is 4.00. The van der Waals surface area contributed by atoms with Gasteiger partial charge in [0.15, 0.2) is 0 Å². The monoisotopic (exact) mass is 277 g/mol. The van der Waals surface area contributed by atoms with Gasteiger partial charge in [-0.1, -0.05) is 25.4 Å². The molecule has 0 N–H and O–H groups in total. The van der Waals surface area contributed by atoms with Crippen molar-refractivity contribution in [3.63, 3.8) is 0 Å². The van der Waals surface area contributed by atoms with E-state index >= 15 is 0 Å². The molecular weight excluding hydrogens is 256 g/mol. The van der Waals surface area contributed by atoms with Gasteiger partial charge in [-0.05, 0) is 44.0 Å². The lowest BCUT2D eigenvalue weighted by molar-refractivity contribution is -0.811. The number of rotatable bonds is 5. The van der Waals surface area contributed by atoms with Crippen molar-refractivity contribution in [1.29, 1.82) is 0 Å². The number of halogens is 1. The van der Waals surface area contributed by atoms with Crippen molar-refractivity contribution in [2.24, 2.45) is 4.99 Å². The molecule has 0 saturated carbocycles. The summed E-state index contributed by atoms with van der Waals surface area (Å²) in [4.78, 5) is 4.64. The summed E-state index contributed by atoms with van der Waals surface area (Å²) in [5.74, 6) is 1.15. The van der Waals surface area contributed by atoms with E-state index in [0.29, 0.717) is 6.04 Å². The summed E-state index contributed by atoms with van der Waals surface area (Å²) in [7, 11) is 0. The molecule has 2 atom stereocenters. The van der Waals surface area contributed by atoms with Crippen molar-refractivity contribution in [3.05, 3.63) is 47.3 Å². The van der Waals surface area contributed by atoms with Crippen LogP contribution in [0.1, 0.15) is 39.2 Å². The standard InChI is InChI=1S/C16H22ClN2/c1-4-11-19(13(3)5-2)12-10-18-16(19)14-6-8-15(17)9-7-14/h6-10,12-13H,4-5,11H2,1-3H3/q+1/t13?,19-/m0/s1. The molecule has 19 heavy (non-hydrogen) atoms. The minimum Gasteiger partial charge on any atom is -0.244 e. The van der Waals surface area contributed by atoms with E-state index in [9.17, 15) is 0 Å². The molecule has 1 aromatic carbocycles. The molecule has 2 nitrogen and oxygen atoms in total. The van der Waals surface area contributed by atoms with Gasteiger partial charge in [-0.2, -0.15) is 4.99 Å². The van der Waals surface area contributed by atoms with Gasteiger partial charge in [0.05, 0.1) is 24.4 Å². The molecule has 0 aliphatic carbocycles. The van der Waals surface area contributed by atoms with E-state index in [0.717, 1.165) is 34.7 Å².